The van der Waals surface area contributed by atoms with Crippen molar-refractivity contribution >= 4 is 5.91 Å². The van der Waals surface area contributed by atoms with Gasteiger partial charge in [0, 0.05) is 32.9 Å². The average molecular weight is 294 g/mol. The Morgan fingerprint density at radius 2 is 1.86 bits per heavy atom. The van der Waals surface area contributed by atoms with Gasteiger partial charge in [0.15, 0.2) is 11.7 Å². The normalized spacial score (nSPS) is 21.4. The Bertz CT molecular complexity index is 522. The van der Waals surface area contributed by atoms with Gasteiger partial charge in [-0.25, -0.2) is 4.98 Å². The minimum atomic E-state index is -0.463. The van der Waals surface area contributed by atoms with Crippen molar-refractivity contribution < 1.29 is 18.7 Å². The summed E-state index contributed by atoms with van der Waals surface area (Å²) in [4.78, 5) is 18.8. The minimum Gasteiger partial charge on any atom is -0.436 e. The third-order valence-electron chi connectivity index (χ3n) is 4.13. The number of likely N-dealkylation sites (tertiary alicyclic amines) is 1. The summed E-state index contributed by atoms with van der Waals surface area (Å²) < 4.78 is 16.9. The molecule has 2 aliphatic heterocycles. The molecule has 0 aliphatic carbocycles. The van der Waals surface area contributed by atoms with Crippen molar-refractivity contribution in [1.29, 1.82) is 0 Å². The van der Waals surface area contributed by atoms with E-state index in [1.165, 1.54) is 0 Å². The molecule has 3 heterocycles. The summed E-state index contributed by atoms with van der Waals surface area (Å²) >= 11 is 0. The maximum Gasteiger partial charge on any atom is 0.291 e. The lowest BCUT2D eigenvalue weighted by atomic mass is 10.0. The molecule has 116 valence electrons. The van der Waals surface area contributed by atoms with Crippen molar-refractivity contribution in [2.45, 2.75) is 45.3 Å². The van der Waals surface area contributed by atoms with Gasteiger partial charge < -0.3 is 18.8 Å². The van der Waals surface area contributed by atoms with Crippen molar-refractivity contribution in [2.75, 3.05) is 26.3 Å². The van der Waals surface area contributed by atoms with Crippen molar-refractivity contribution in [2.24, 2.45) is 0 Å². The number of oxazole rings is 1. The summed E-state index contributed by atoms with van der Waals surface area (Å²) in [6, 6.07) is 0. The summed E-state index contributed by atoms with van der Waals surface area (Å²) in [5, 5.41) is 0. The van der Waals surface area contributed by atoms with Gasteiger partial charge in [0.1, 0.15) is 0 Å². The van der Waals surface area contributed by atoms with Gasteiger partial charge in [0.05, 0.1) is 18.9 Å². The molecule has 0 N–H and O–H groups in total. The van der Waals surface area contributed by atoms with Gasteiger partial charge in [0.2, 0.25) is 5.76 Å². The number of aryl methyl sites for hydroxylation is 1. The fourth-order valence-electron chi connectivity index (χ4n) is 2.97. The number of carbonyl (C=O) groups excluding carboxylic acids is 1. The van der Waals surface area contributed by atoms with E-state index in [1.54, 1.807) is 6.92 Å². The highest BCUT2D eigenvalue weighted by Gasteiger charge is 2.41. The molecule has 3 rings (SSSR count). The molecule has 0 aromatic carbocycles. The molecule has 0 unspecified atom stereocenters. The van der Waals surface area contributed by atoms with Crippen LogP contribution in [-0.2, 0) is 9.47 Å². The lowest BCUT2D eigenvalue weighted by molar-refractivity contribution is -0.181. The van der Waals surface area contributed by atoms with E-state index in [-0.39, 0.29) is 11.8 Å². The second-order valence-electron chi connectivity index (χ2n) is 6.00. The first-order valence-corrected chi connectivity index (χ1v) is 7.55. The first-order chi connectivity index (χ1) is 10.0. The number of amides is 1. The maximum atomic E-state index is 12.7. The fraction of sp³-hybridized carbons (Fsp3) is 0.733. The van der Waals surface area contributed by atoms with Crippen LogP contribution in [0, 0.1) is 6.92 Å². The molecular formula is C15H22N2O4. The highest BCUT2D eigenvalue weighted by atomic mass is 16.7. The largest absolute Gasteiger partial charge is 0.436 e. The number of hydrogen-bond acceptors (Lipinski definition) is 5. The predicted octanol–water partition coefficient (Wildman–Crippen LogP) is 2.09. The van der Waals surface area contributed by atoms with E-state index in [1.807, 2.05) is 18.7 Å². The number of nitrogens with zero attached hydrogens (tertiary/aromatic N) is 2. The highest BCUT2D eigenvalue weighted by Crippen LogP contribution is 2.32. The third kappa shape index (κ3) is 2.70. The molecule has 1 spiro atoms. The zero-order valence-corrected chi connectivity index (χ0v) is 12.8. The van der Waals surface area contributed by atoms with Crippen LogP contribution in [0.5, 0.6) is 0 Å². The molecular weight excluding hydrogens is 272 g/mol. The van der Waals surface area contributed by atoms with Crippen molar-refractivity contribution in [3.05, 3.63) is 17.3 Å². The molecule has 21 heavy (non-hydrogen) atoms. The van der Waals surface area contributed by atoms with E-state index in [0.29, 0.717) is 50.8 Å². The van der Waals surface area contributed by atoms with Gasteiger partial charge in [0.25, 0.3) is 5.91 Å². The molecule has 0 saturated carbocycles. The first kappa shape index (κ1) is 14.5. The minimum absolute atomic E-state index is 0.0767. The number of rotatable bonds is 2. The van der Waals surface area contributed by atoms with E-state index in [0.717, 1.165) is 5.69 Å². The Kier molecular flexibility index (Phi) is 3.75. The summed E-state index contributed by atoms with van der Waals surface area (Å²) in [5.74, 6) is 0.547. The van der Waals surface area contributed by atoms with Crippen LogP contribution in [0.15, 0.2) is 4.42 Å². The van der Waals surface area contributed by atoms with Gasteiger partial charge in [-0.05, 0) is 5.92 Å². The monoisotopic (exact) mass is 294 g/mol. The second-order valence-corrected chi connectivity index (χ2v) is 6.00. The van der Waals surface area contributed by atoms with Gasteiger partial charge in [-0.3, -0.25) is 4.79 Å². The molecule has 2 aliphatic rings. The van der Waals surface area contributed by atoms with Gasteiger partial charge in [-0.15, -0.1) is 0 Å². The van der Waals surface area contributed by atoms with Crippen molar-refractivity contribution in [3.8, 4) is 0 Å². The van der Waals surface area contributed by atoms with Crippen LogP contribution >= 0.6 is 0 Å². The fourth-order valence-corrected chi connectivity index (χ4v) is 2.97. The standard InChI is InChI=1S/C15H22N2O4/c1-10(2)12-13(21-11(3)16-12)14(18)17-6-4-15(5-7-17)19-8-9-20-15/h10H,4-9H2,1-3H3. The Hall–Kier alpha value is -1.40. The number of carbonyl (C=O) groups is 1. The zero-order valence-electron chi connectivity index (χ0n) is 12.8. The molecule has 1 aromatic heterocycles. The van der Waals surface area contributed by atoms with Gasteiger partial charge >= 0.3 is 0 Å². The quantitative estimate of drug-likeness (QED) is 0.835. The van der Waals surface area contributed by atoms with Crippen LogP contribution in [0.2, 0.25) is 0 Å². The van der Waals surface area contributed by atoms with E-state index in [2.05, 4.69) is 4.98 Å². The Labute approximate surface area is 124 Å². The summed E-state index contributed by atoms with van der Waals surface area (Å²) in [6.07, 6.45) is 1.42. The SMILES string of the molecule is Cc1nc(C(C)C)c(C(=O)N2CCC3(CC2)OCCO3)o1. The number of hydrogen-bond donors (Lipinski definition) is 0. The summed E-state index contributed by atoms with van der Waals surface area (Å²) in [6.45, 7) is 8.33. The molecule has 0 radical (unpaired) electrons. The maximum absolute atomic E-state index is 12.7. The molecule has 0 bridgehead atoms. The van der Waals surface area contributed by atoms with Crippen molar-refractivity contribution in [1.82, 2.24) is 9.88 Å². The molecule has 1 aromatic rings. The molecule has 6 nitrogen and oxygen atoms in total. The lowest BCUT2D eigenvalue weighted by Crippen LogP contribution is -2.47. The van der Waals surface area contributed by atoms with Crippen LogP contribution in [0.1, 0.15) is 54.7 Å². The summed E-state index contributed by atoms with van der Waals surface area (Å²) in [7, 11) is 0. The summed E-state index contributed by atoms with van der Waals surface area (Å²) in [5.41, 5.74) is 0.742. The number of aromatic nitrogens is 1. The second kappa shape index (κ2) is 5.42. The van der Waals surface area contributed by atoms with Crippen LogP contribution in [-0.4, -0.2) is 47.9 Å². The first-order valence-electron chi connectivity index (χ1n) is 7.55. The Balaban J connectivity index is 1.72. The van der Waals surface area contributed by atoms with Crippen LogP contribution in [0.3, 0.4) is 0 Å². The predicted molar refractivity (Wildman–Crippen MR) is 75.1 cm³/mol. The van der Waals surface area contributed by atoms with Crippen LogP contribution < -0.4 is 0 Å². The highest BCUT2D eigenvalue weighted by molar-refractivity contribution is 5.92. The number of ether oxygens (including phenoxy) is 2. The smallest absolute Gasteiger partial charge is 0.291 e. The molecule has 1 amide bonds. The Morgan fingerprint density at radius 3 is 2.43 bits per heavy atom. The van der Waals surface area contributed by atoms with E-state index >= 15 is 0 Å². The van der Waals surface area contributed by atoms with Gasteiger partial charge in [-0.1, -0.05) is 13.8 Å². The van der Waals surface area contributed by atoms with E-state index in [9.17, 15) is 4.79 Å². The topological polar surface area (TPSA) is 64.8 Å². The average Bonchev–Trinajstić information content (AvgIpc) is 3.06. The third-order valence-corrected chi connectivity index (χ3v) is 4.13. The van der Waals surface area contributed by atoms with Crippen molar-refractivity contribution in [3.63, 3.8) is 0 Å². The molecule has 2 fully saturated rings. The van der Waals surface area contributed by atoms with Crippen LogP contribution in [0.4, 0.5) is 0 Å². The molecule has 6 heteroatoms. The van der Waals surface area contributed by atoms with Gasteiger partial charge in [-0.2, -0.15) is 0 Å². The van der Waals surface area contributed by atoms with Crippen LogP contribution in [0.25, 0.3) is 0 Å². The van der Waals surface area contributed by atoms with E-state index < -0.39 is 5.79 Å². The molecule has 2 saturated heterocycles. The number of piperidine rings is 1. The molecule has 0 atom stereocenters. The van der Waals surface area contributed by atoms with E-state index in [4.69, 9.17) is 13.9 Å². The Morgan fingerprint density at radius 1 is 1.24 bits per heavy atom. The lowest BCUT2D eigenvalue weighted by Gasteiger charge is -2.37. The zero-order chi connectivity index (χ0) is 15.0.